The van der Waals surface area contributed by atoms with Crippen LogP contribution in [-0.4, -0.2) is 51.9 Å². The Morgan fingerprint density at radius 2 is 0.800 bits per heavy atom. The topological polar surface area (TPSA) is 135 Å². The predicted molar refractivity (Wildman–Crippen MR) is 71.8 cm³/mol. The van der Waals surface area contributed by atoms with Crippen LogP contribution in [0.5, 0.6) is 0 Å². The van der Waals surface area contributed by atoms with Gasteiger partial charge in [0.25, 0.3) is 0 Å². The first-order valence-corrected chi connectivity index (χ1v) is 6.72. The highest BCUT2D eigenvalue weighted by Gasteiger charge is 1.84. The second kappa shape index (κ2) is 29.5. The summed E-state index contributed by atoms with van der Waals surface area (Å²) in [4.78, 5) is 0. The van der Waals surface area contributed by atoms with E-state index in [1.165, 1.54) is 0 Å². The van der Waals surface area contributed by atoms with Gasteiger partial charge in [-0.1, -0.05) is 0 Å². The van der Waals surface area contributed by atoms with Crippen LogP contribution in [-0.2, 0) is 10.4 Å². The molecule has 0 amide bonds. The molecule has 0 aromatic rings. The van der Waals surface area contributed by atoms with E-state index in [-0.39, 0.29) is 31.5 Å². The van der Waals surface area contributed by atoms with Crippen molar-refractivity contribution in [1.82, 2.24) is 0 Å². The number of hydrogen-bond acceptors (Lipinski definition) is 5. The van der Waals surface area contributed by atoms with Crippen LogP contribution in [0.15, 0.2) is 0 Å². The van der Waals surface area contributed by atoms with Gasteiger partial charge in [0, 0.05) is 0 Å². The second-order valence-corrected chi connectivity index (χ2v) is 2.99. The quantitative estimate of drug-likeness (QED) is 0.290. The van der Waals surface area contributed by atoms with Crippen LogP contribution in [0.4, 0.5) is 0 Å². The van der Waals surface area contributed by atoms with Gasteiger partial charge >= 0.3 is 10.4 Å². The highest BCUT2D eigenvalue weighted by molar-refractivity contribution is 7.79. The van der Waals surface area contributed by atoms with Gasteiger partial charge in [-0.15, -0.1) is 40.1 Å². The third-order valence-corrected chi connectivity index (χ3v) is 0. The second-order valence-electron chi connectivity index (χ2n) is 0.996. The van der Waals surface area contributed by atoms with E-state index >= 15 is 0 Å². The number of hydrogen-bond donors (Lipinski definition) is 5. The summed E-state index contributed by atoms with van der Waals surface area (Å²) in [5.74, 6) is 0. The van der Waals surface area contributed by atoms with Gasteiger partial charge in [-0.05, 0) is 0 Å². The Morgan fingerprint density at radius 3 is 0.800 bits per heavy atom. The fourth-order valence-corrected chi connectivity index (χ4v) is 0. The summed E-state index contributed by atoms with van der Waals surface area (Å²) < 4.78 is 31.6. The zero-order valence-corrected chi connectivity index (χ0v) is 12.8. The lowest BCUT2D eigenvalue weighted by Crippen LogP contribution is -1.89. The normalized spacial score (nSPS) is 7.47. The molecule has 0 aliphatic heterocycles. The highest BCUT2D eigenvalue weighted by Crippen LogP contribution is 1.63. The molecule has 0 bridgehead atoms. The summed E-state index contributed by atoms with van der Waals surface area (Å²) in [7, 11) is 1.74. The van der Waals surface area contributed by atoms with E-state index in [1.54, 1.807) is 0 Å². The molecule has 7 nitrogen and oxygen atoms in total. The van der Waals surface area contributed by atoms with Gasteiger partial charge in [0.05, 0.1) is 19.0 Å². The van der Waals surface area contributed by atoms with Gasteiger partial charge in [0.1, 0.15) is 0 Å². The molecule has 100 valence electrons. The van der Waals surface area contributed by atoms with Gasteiger partial charge in [-0.3, -0.25) is 9.11 Å². The summed E-state index contributed by atoms with van der Waals surface area (Å²) in [5, 5.41) is 22.6. The molecule has 3 atom stereocenters. The fraction of sp³-hybridized carbons (Fsp3) is 1.00. The van der Waals surface area contributed by atoms with Crippen molar-refractivity contribution >= 4 is 50.5 Å². The van der Waals surface area contributed by atoms with Gasteiger partial charge in [-0.25, -0.2) is 0 Å². The van der Waals surface area contributed by atoms with Gasteiger partial charge in [-0.2, -0.15) is 8.42 Å². The van der Waals surface area contributed by atoms with Crippen molar-refractivity contribution in [2.24, 2.45) is 0 Å². The first kappa shape index (κ1) is 29.9. The average Bonchev–Trinajstić information content (AvgIpc) is 1.86. The van der Waals surface area contributed by atoms with Crippen LogP contribution in [0.2, 0.25) is 0 Å². The molecule has 3 unspecified atom stereocenters. The third-order valence-electron chi connectivity index (χ3n) is 0. The molecule has 0 spiro atoms. The first-order valence-electron chi connectivity index (χ1n) is 2.87. The van der Waals surface area contributed by atoms with Crippen molar-refractivity contribution in [3.8, 4) is 0 Å². The molecule has 0 heterocycles. The van der Waals surface area contributed by atoms with Crippen LogP contribution in [0.3, 0.4) is 0 Å². The van der Waals surface area contributed by atoms with Gasteiger partial charge < -0.3 is 15.3 Å². The molecule has 15 heavy (non-hydrogen) atoms. The monoisotopic (exact) mass is 326 g/mol. The molecular weight excluding hydrogens is 308 g/mol. The zero-order chi connectivity index (χ0) is 12.6. The minimum atomic E-state index is -4.67. The molecule has 0 aliphatic carbocycles. The Kier molecular flexibility index (Phi) is 58.8. The number of halogens is 1. The summed E-state index contributed by atoms with van der Waals surface area (Å²) in [6.07, 6.45) is 0.500. The molecule has 0 fully saturated rings. The Balaban J connectivity index is -0.0000000300. The van der Waals surface area contributed by atoms with Crippen molar-refractivity contribution in [2.45, 2.75) is 0 Å². The third kappa shape index (κ3) is 1540. The Labute approximate surface area is 103 Å². The molecule has 5 N–H and O–H groups in total. The van der Waals surface area contributed by atoms with Crippen LogP contribution < -0.4 is 0 Å². The summed E-state index contributed by atoms with van der Waals surface area (Å²) in [5.41, 5.74) is 0. The van der Waals surface area contributed by atoms with E-state index in [9.17, 15) is 0 Å². The lowest BCUT2D eigenvalue weighted by Gasteiger charge is -1.68. The molecular formula is C3H18ClO7P3S. The van der Waals surface area contributed by atoms with E-state index < -0.39 is 10.4 Å². The van der Waals surface area contributed by atoms with E-state index in [0.717, 1.165) is 0 Å². The molecule has 0 aromatic carbocycles. The van der Waals surface area contributed by atoms with Crippen LogP contribution in [0, 0.1) is 0 Å². The first-order chi connectivity index (χ1) is 6.24. The fourth-order valence-electron chi connectivity index (χ4n) is 0. The van der Waals surface area contributed by atoms with Crippen molar-refractivity contribution in [3.63, 3.8) is 0 Å². The minimum absolute atomic E-state index is 0. The van der Waals surface area contributed by atoms with E-state index in [4.69, 9.17) is 32.8 Å². The summed E-state index contributed by atoms with van der Waals surface area (Å²) in [6, 6.07) is 0. The minimum Gasteiger partial charge on any atom is -0.392 e. The number of aliphatic hydroxyl groups is 3. The molecule has 0 saturated heterocycles. The van der Waals surface area contributed by atoms with Gasteiger partial charge in [0.15, 0.2) is 0 Å². The zero-order valence-electron chi connectivity index (χ0n) is 7.72. The predicted octanol–water partition coefficient (Wildman–Crippen LogP) is -0.797. The maximum atomic E-state index is 8.74. The molecule has 0 aliphatic rings. The van der Waals surface area contributed by atoms with Crippen LogP contribution in [0.1, 0.15) is 0 Å². The molecule has 0 aromatic heterocycles. The van der Waals surface area contributed by atoms with Crippen molar-refractivity contribution in [3.05, 3.63) is 0 Å². The SMILES string of the molecule is Cl.O=S(=O)(O)O.OCP.OCP.OCP. The number of rotatable bonds is 0. The Hall–Kier alpha value is 1.33. The number of aliphatic hydroxyl groups excluding tert-OH is 3. The van der Waals surface area contributed by atoms with Gasteiger partial charge in [0.2, 0.25) is 0 Å². The van der Waals surface area contributed by atoms with E-state index in [2.05, 4.69) is 27.7 Å². The lowest BCUT2D eigenvalue weighted by molar-refractivity contribution is 0.374. The molecule has 0 radical (unpaired) electrons. The average molecular weight is 327 g/mol. The van der Waals surface area contributed by atoms with Crippen molar-refractivity contribution < 1.29 is 32.8 Å². The molecule has 0 saturated carbocycles. The van der Waals surface area contributed by atoms with Crippen LogP contribution >= 0.6 is 40.1 Å². The maximum Gasteiger partial charge on any atom is 0.394 e. The highest BCUT2D eigenvalue weighted by atomic mass is 35.5. The summed E-state index contributed by atoms with van der Waals surface area (Å²) in [6.45, 7) is 0. The van der Waals surface area contributed by atoms with Crippen molar-refractivity contribution in [2.75, 3.05) is 19.0 Å². The lowest BCUT2D eigenvalue weighted by atomic mass is 11.7. The maximum absolute atomic E-state index is 8.74. The van der Waals surface area contributed by atoms with E-state index in [1.807, 2.05) is 0 Å². The largest absolute Gasteiger partial charge is 0.394 e. The Bertz CT molecular complexity index is 141. The Morgan fingerprint density at radius 1 is 0.800 bits per heavy atom. The standard InChI is InChI=1S/3CH5OP.ClH.H2O4S/c3*2-1-3;;1-5(2,3)4/h3*2H,1,3H2;1H;(H2,1,2,3,4). The molecule has 0 rings (SSSR count). The summed E-state index contributed by atoms with van der Waals surface area (Å²) >= 11 is 0. The van der Waals surface area contributed by atoms with E-state index in [0.29, 0.717) is 0 Å². The van der Waals surface area contributed by atoms with Crippen LogP contribution in [0.25, 0.3) is 0 Å². The van der Waals surface area contributed by atoms with Crippen molar-refractivity contribution in [1.29, 1.82) is 0 Å². The smallest absolute Gasteiger partial charge is 0.392 e. The molecule has 12 heteroatoms.